The highest BCUT2D eigenvalue weighted by atomic mass is 16.5. The first-order valence-corrected chi connectivity index (χ1v) is 8.32. The van der Waals surface area contributed by atoms with Gasteiger partial charge in [0.05, 0.1) is 14.1 Å². The number of hydrogen-bond acceptors (Lipinski definition) is 2. The van der Waals surface area contributed by atoms with Crippen molar-refractivity contribution in [1.29, 1.82) is 0 Å². The highest BCUT2D eigenvalue weighted by Gasteiger charge is 1.92. The van der Waals surface area contributed by atoms with Crippen molar-refractivity contribution in [3.63, 3.8) is 0 Å². The Kier molecular flexibility index (Phi) is 22.5. The molecule has 0 unspecified atom stereocenters. The molecule has 0 spiro atoms. The lowest BCUT2D eigenvalue weighted by Crippen LogP contribution is -3.00. The Labute approximate surface area is 121 Å². The van der Waals surface area contributed by atoms with Crippen LogP contribution in [0.4, 0.5) is 0 Å². The van der Waals surface area contributed by atoms with Crippen LogP contribution >= 0.6 is 0 Å². The third kappa shape index (κ3) is 31.9. The van der Waals surface area contributed by atoms with Crippen molar-refractivity contribution in [3.8, 4) is 0 Å². The molecule has 0 heterocycles. The summed E-state index contributed by atoms with van der Waals surface area (Å²) in [5.41, 5.74) is 5.45. The average Bonchev–Trinajstić information content (AvgIpc) is 2.35. The zero-order valence-corrected chi connectivity index (χ0v) is 13.7. The number of quaternary nitrogens is 1. The van der Waals surface area contributed by atoms with Gasteiger partial charge in [0.2, 0.25) is 0 Å². The van der Waals surface area contributed by atoms with Gasteiger partial charge in [-0.25, -0.2) is 0 Å². The van der Waals surface area contributed by atoms with E-state index in [0.29, 0.717) is 0 Å². The summed E-state index contributed by atoms with van der Waals surface area (Å²) in [5, 5.41) is 9.61. The average molecular weight is 274 g/mol. The van der Waals surface area contributed by atoms with Gasteiger partial charge in [0.15, 0.2) is 0 Å². The zero-order valence-electron chi connectivity index (χ0n) is 13.7. The minimum Gasteiger partial charge on any atom is -0.635 e. The van der Waals surface area contributed by atoms with Gasteiger partial charge in [0.25, 0.3) is 0 Å². The second kappa shape index (κ2) is 20.2. The van der Waals surface area contributed by atoms with Gasteiger partial charge in [-0.15, -0.1) is 0 Å². The fraction of sp³-hybridized carbons (Fsp3) is 1.00. The fourth-order valence-electron chi connectivity index (χ4n) is 1.99. The molecule has 0 aliphatic carbocycles. The highest BCUT2D eigenvalue weighted by molar-refractivity contribution is 4.48. The van der Waals surface area contributed by atoms with E-state index in [0.717, 1.165) is 6.54 Å². The summed E-state index contributed by atoms with van der Waals surface area (Å²) >= 11 is 0. The van der Waals surface area contributed by atoms with Crippen LogP contribution in [-0.4, -0.2) is 20.6 Å². The lowest BCUT2D eigenvalue weighted by Gasteiger charge is -2.04. The smallest absolute Gasteiger partial charge is 0.0660 e. The molecule has 0 aromatic heterocycles. The number of rotatable bonds is 12. The first-order chi connectivity index (χ1) is 9.15. The Hall–Kier alpha value is -0.120. The number of nitrogens with one attached hydrogen (secondary N) is 1. The first kappa shape index (κ1) is 21.2. The summed E-state index contributed by atoms with van der Waals surface area (Å²) in [6.07, 6.45) is 16.9. The lowest BCUT2D eigenvalue weighted by atomic mass is 10.1. The molecule has 19 heavy (non-hydrogen) atoms. The van der Waals surface area contributed by atoms with Crippen molar-refractivity contribution < 1.29 is 5.06 Å². The van der Waals surface area contributed by atoms with Gasteiger partial charge in [-0.05, 0) is 13.0 Å². The van der Waals surface area contributed by atoms with Crippen molar-refractivity contribution in [2.75, 3.05) is 20.6 Å². The molecule has 3 nitrogen and oxygen atoms in total. The maximum atomic E-state index is 9.44. The third-order valence-electron chi connectivity index (χ3n) is 3.06. The van der Waals surface area contributed by atoms with Gasteiger partial charge in [0, 0.05) is 0 Å². The van der Waals surface area contributed by atoms with Crippen LogP contribution in [0, 0.1) is 5.21 Å². The van der Waals surface area contributed by atoms with E-state index in [1.165, 1.54) is 91.1 Å². The van der Waals surface area contributed by atoms with E-state index in [2.05, 4.69) is 6.92 Å². The summed E-state index contributed by atoms with van der Waals surface area (Å²) in [5.74, 6) is 0. The molecule has 118 valence electrons. The number of unbranched alkanes of at least 4 members (excludes halogenated alkanes) is 11. The summed E-state index contributed by atoms with van der Waals surface area (Å²) in [6.45, 7) is 3.15. The molecule has 0 aliphatic heterocycles. The van der Waals surface area contributed by atoms with E-state index in [9.17, 15) is 5.21 Å². The highest BCUT2D eigenvalue weighted by Crippen LogP contribution is 2.11. The maximum absolute atomic E-state index is 9.44. The van der Waals surface area contributed by atoms with E-state index < -0.39 is 0 Å². The molecule has 0 atom stereocenters. The van der Waals surface area contributed by atoms with Crippen LogP contribution in [0.25, 0.3) is 0 Å². The Morgan fingerprint density at radius 2 is 0.947 bits per heavy atom. The minimum atomic E-state index is 0.167. The zero-order chi connectivity index (χ0) is 14.8. The van der Waals surface area contributed by atoms with Crippen LogP contribution in [0.15, 0.2) is 0 Å². The van der Waals surface area contributed by atoms with E-state index in [1.54, 1.807) is 0 Å². The summed E-state index contributed by atoms with van der Waals surface area (Å²) in [6, 6.07) is 0. The predicted molar refractivity (Wildman–Crippen MR) is 86.3 cm³/mol. The van der Waals surface area contributed by atoms with E-state index in [1.807, 2.05) is 0 Å². The molecule has 0 amide bonds. The Balaban J connectivity index is 0. The molecule has 0 bridgehead atoms. The monoisotopic (exact) mass is 274 g/mol. The van der Waals surface area contributed by atoms with Crippen LogP contribution in [0.2, 0.25) is 0 Å². The molecule has 0 aromatic carbocycles. The van der Waals surface area contributed by atoms with E-state index >= 15 is 0 Å². The number of nitrogens with two attached hydrogens (primary N) is 1. The van der Waals surface area contributed by atoms with Crippen LogP contribution < -0.4 is 10.8 Å². The third-order valence-corrected chi connectivity index (χ3v) is 3.06. The Morgan fingerprint density at radius 1 is 0.684 bits per heavy atom. The van der Waals surface area contributed by atoms with Gasteiger partial charge in [-0.2, -0.15) is 0 Å². The topological polar surface area (TPSA) is 53.5 Å². The molecule has 0 saturated carbocycles. The second-order valence-corrected chi connectivity index (χ2v) is 5.59. The first-order valence-electron chi connectivity index (χ1n) is 8.32. The van der Waals surface area contributed by atoms with Gasteiger partial charge in [-0.1, -0.05) is 77.6 Å². The molecule has 0 aromatic rings. The van der Waals surface area contributed by atoms with Gasteiger partial charge in [0.1, 0.15) is 0 Å². The van der Waals surface area contributed by atoms with Crippen molar-refractivity contribution in [2.45, 2.75) is 84.0 Å². The standard InChI is InChI=1S/C14H31N.C2H7NO/c1-2-3-4-5-6-7-8-9-10-11-12-13-14-15;1-3(2)4/h2-15H2,1H3;3H,1-2H3. The molecule has 0 saturated heterocycles. The lowest BCUT2D eigenvalue weighted by molar-refractivity contribution is -0.802. The SMILES string of the molecule is CCCCCCCCCCCCCCN.C[NH+](C)[O-]. The minimum absolute atomic E-state index is 0.167. The van der Waals surface area contributed by atoms with Crippen molar-refractivity contribution in [2.24, 2.45) is 5.73 Å². The van der Waals surface area contributed by atoms with Gasteiger partial charge in [-0.3, -0.25) is 0 Å². The molecular weight excluding hydrogens is 236 g/mol. The summed E-state index contributed by atoms with van der Waals surface area (Å²) < 4.78 is 0. The van der Waals surface area contributed by atoms with Gasteiger partial charge >= 0.3 is 0 Å². The largest absolute Gasteiger partial charge is 0.635 e. The predicted octanol–water partition coefficient (Wildman–Crippen LogP) is 3.27. The molecule has 0 radical (unpaired) electrons. The molecular formula is C16H38N2O. The van der Waals surface area contributed by atoms with Crippen LogP contribution in [-0.2, 0) is 0 Å². The Bertz CT molecular complexity index is 126. The summed E-state index contributed by atoms with van der Waals surface area (Å²) in [7, 11) is 3.06. The van der Waals surface area contributed by atoms with E-state index in [-0.39, 0.29) is 5.06 Å². The molecule has 0 rings (SSSR count). The normalized spacial score (nSPS) is 10.4. The number of hydrogen-bond donors (Lipinski definition) is 2. The Morgan fingerprint density at radius 3 is 1.21 bits per heavy atom. The van der Waals surface area contributed by atoms with Gasteiger partial charge < -0.3 is 16.0 Å². The summed E-state index contributed by atoms with van der Waals surface area (Å²) in [4.78, 5) is 0. The van der Waals surface area contributed by atoms with E-state index in [4.69, 9.17) is 5.73 Å². The van der Waals surface area contributed by atoms with Crippen molar-refractivity contribution >= 4 is 0 Å². The molecule has 3 heteroatoms. The second-order valence-electron chi connectivity index (χ2n) is 5.59. The maximum Gasteiger partial charge on any atom is 0.0660 e. The molecule has 3 N–H and O–H groups in total. The van der Waals surface area contributed by atoms with Crippen LogP contribution in [0.5, 0.6) is 0 Å². The molecule has 0 fully saturated rings. The quantitative estimate of drug-likeness (QED) is 0.424. The van der Waals surface area contributed by atoms with Crippen molar-refractivity contribution in [1.82, 2.24) is 0 Å². The van der Waals surface area contributed by atoms with Crippen LogP contribution in [0.3, 0.4) is 0 Å². The van der Waals surface area contributed by atoms with Crippen LogP contribution in [0.1, 0.15) is 84.0 Å². The molecule has 0 aliphatic rings. The van der Waals surface area contributed by atoms with Crippen molar-refractivity contribution in [3.05, 3.63) is 5.21 Å². The fourth-order valence-corrected chi connectivity index (χ4v) is 1.99. The number of hydroxylamine groups is 2.